The van der Waals surface area contributed by atoms with Gasteiger partial charge in [0.2, 0.25) is 5.91 Å². The number of carbonyl (C=O) groups is 1. The maximum Gasteiger partial charge on any atom is 0.222 e. The summed E-state index contributed by atoms with van der Waals surface area (Å²) >= 11 is 0. The van der Waals surface area contributed by atoms with Crippen molar-refractivity contribution in [3.05, 3.63) is 0 Å². The monoisotopic (exact) mass is 171 g/mol. The molecule has 0 aromatic rings. The molecule has 1 saturated heterocycles. The average molecular weight is 171 g/mol. The van der Waals surface area contributed by atoms with E-state index in [-0.39, 0.29) is 12.1 Å². The van der Waals surface area contributed by atoms with E-state index in [1.807, 2.05) is 0 Å². The minimum Gasteiger partial charge on any atom is -0.359 e. The second kappa shape index (κ2) is 5.14. The third kappa shape index (κ3) is 3.22. The summed E-state index contributed by atoms with van der Waals surface area (Å²) in [5, 5.41) is 2.77. The Labute approximate surface area is 73.5 Å². The first kappa shape index (κ1) is 9.52. The molecule has 1 amide bonds. The van der Waals surface area contributed by atoms with Crippen LogP contribution in [0, 0.1) is 0 Å². The summed E-state index contributed by atoms with van der Waals surface area (Å²) in [7, 11) is 0. The Morgan fingerprint density at radius 1 is 1.58 bits per heavy atom. The Morgan fingerprint density at radius 2 is 2.42 bits per heavy atom. The normalized spacial score (nSPS) is 22.8. The van der Waals surface area contributed by atoms with Gasteiger partial charge in [0, 0.05) is 19.4 Å². The van der Waals surface area contributed by atoms with Crippen molar-refractivity contribution >= 4 is 5.91 Å². The Morgan fingerprint density at radius 3 is 3.00 bits per heavy atom. The molecule has 1 heterocycles. The van der Waals surface area contributed by atoms with Gasteiger partial charge in [0.15, 0.2) is 0 Å². The van der Waals surface area contributed by atoms with Crippen LogP contribution in [0.25, 0.3) is 0 Å². The third-order valence-electron chi connectivity index (χ3n) is 2.02. The first-order chi connectivity index (χ1) is 5.83. The van der Waals surface area contributed by atoms with Gasteiger partial charge in [0.05, 0.1) is 0 Å². The van der Waals surface area contributed by atoms with Crippen molar-refractivity contribution in [3.8, 4) is 0 Å². The maximum atomic E-state index is 10.8. The standard InChI is InChI=1S/C9H17NO2/c1-2-3-4-7-12-9-6-5-8(11)10-9/h9H,2-7H2,1H3,(H,10,11). The molecule has 1 atom stereocenters. The van der Waals surface area contributed by atoms with Crippen LogP contribution in [-0.2, 0) is 9.53 Å². The lowest BCUT2D eigenvalue weighted by molar-refractivity contribution is -0.120. The number of hydrogen-bond donors (Lipinski definition) is 1. The molecule has 0 spiro atoms. The summed E-state index contributed by atoms with van der Waals surface area (Å²) < 4.78 is 5.44. The minimum atomic E-state index is -0.00523. The summed E-state index contributed by atoms with van der Waals surface area (Å²) in [6.07, 6.45) is 4.97. The second-order valence-electron chi connectivity index (χ2n) is 3.17. The second-order valence-corrected chi connectivity index (χ2v) is 3.17. The van der Waals surface area contributed by atoms with Gasteiger partial charge >= 0.3 is 0 Å². The van der Waals surface area contributed by atoms with Crippen LogP contribution in [-0.4, -0.2) is 18.7 Å². The van der Waals surface area contributed by atoms with Gasteiger partial charge < -0.3 is 10.1 Å². The highest BCUT2D eigenvalue weighted by Gasteiger charge is 2.20. The van der Waals surface area contributed by atoms with Crippen LogP contribution in [0.15, 0.2) is 0 Å². The van der Waals surface area contributed by atoms with Crippen molar-refractivity contribution in [1.82, 2.24) is 5.32 Å². The Kier molecular flexibility index (Phi) is 4.08. The van der Waals surface area contributed by atoms with Crippen molar-refractivity contribution in [2.24, 2.45) is 0 Å². The third-order valence-corrected chi connectivity index (χ3v) is 2.02. The topological polar surface area (TPSA) is 38.3 Å². The molecule has 1 fully saturated rings. The first-order valence-electron chi connectivity index (χ1n) is 4.74. The molecule has 1 rings (SSSR count). The van der Waals surface area contributed by atoms with Crippen molar-refractivity contribution in [3.63, 3.8) is 0 Å². The zero-order valence-electron chi connectivity index (χ0n) is 7.64. The number of ether oxygens (including phenoxy) is 1. The van der Waals surface area contributed by atoms with E-state index in [1.165, 1.54) is 12.8 Å². The van der Waals surface area contributed by atoms with Crippen molar-refractivity contribution in [1.29, 1.82) is 0 Å². The Balaban J connectivity index is 1.97. The van der Waals surface area contributed by atoms with Crippen LogP contribution >= 0.6 is 0 Å². The van der Waals surface area contributed by atoms with Gasteiger partial charge in [-0.05, 0) is 6.42 Å². The van der Waals surface area contributed by atoms with Gasteiger partial charge in [-0.15, -0.1) is 0 Å². The molecule has 3 nitrogen and oxygen atoms in total. The molecule has 1 unspecified atom stereocenters. The summed E-state index contributed by atoms with van der Waals surface area (Å²) in [4.78, 5) is 10.8. The lowest BCUT2D eigenvalue weighted by Crippen LogP contribution is -2.28. The highest BCUT2D eigenvalue weighted by atomic mass is 16.5. The Hall–Kier alpha value is -0.570. The molecule has 1 aliphatic heterocycles. The van der Waals surface area contributed by atoms with Crippen LogP contribution in [0.1, 0.15) is 39.0 Å². The van der Waals surface area contributed by atoms with Gasteiger partial charge in [0.25, 0.3) is 0 Å². The van der Waals surface area contributed by atoms with Crippen LogP contribution in [0.4, 0.5) is 0 Å². The number of carbonyl (C=O) groups excluding carboxylic acids is 1. The van der Waals surface area contributed by atoms with Gasteiger partial charge in [0.1, 0.15) is 6.23 Å². The van der Waals surface area contributed by atoms with E-state index in [4.69, 9.17) is 4.74 Å². The number of hydrogen-bond acceptors (Lipinski definition) is 2. The lowest BCUT2D eigenvalue weighted by atomic mass is 10.3. The number of amides is 1. The first-order valence-corrected chi connectivity index (χ1v) is 4.74. The van der Waals surface area contributed by atoms with Gasteiger partial charge in [-0.25, -0.2) is 0 Å². The molecule has 1 aliphatic rings. The summed E-state index contributed by atoms with van der Waals surface area (Å²) in [6.45, 7) is 2.94. The highest BCUT2D eigenvalue weighted by Crippen LogP contribution is 2.08. The predicted molar refractivity (Wildman–Crippen MR) is 46.6 cm³/mol. The van der Waals surface area contributed by atoms with E-state index in [1.54, 1.807) is 0 Å². The molecule has 0 aromatic carbocycles. The summed E-state index contributed by atoms with van der Waals surface area (Å²) in [5.74, 6) is 0.121. The van der Waals surface area contributed by atoms with Crippen LogP contribution in [0.2, 0.25) is 0 Å². The predicted octanol–water partition coefficient (Wildman–Crippen LogP) is 1.43. The van der Waals surface area contributed by atoms with Gasteiger partial charge in [-0.1, -0.05) is 19.8 Å². The maximum absolute atomic E-state index is 10.8. The van der Waals surface area contributed by atoms with E-state index in [2.05, 4.69) is 12.2 Å². The van der Waals surface area contributed by atoms with Crippen molar-refractivity contribution < 1.29 is 9.53 Å². The minimum absolute atomic E-state index is 0.00523. The molecule has 1 N–H and O–H groups in total. The van der Waals surface area contributed by atoms with Crippen LogP contribution in [0.3, 0.4) is 0 Å². The zero-order valence-corrected chi connectivity index (χ0v) is 7.64. The van der Waals surface area contributed by atoms with Gasteiger partial charge in [-0.2, -0.15) is 0 Å². The van der Waals surface area contributed by atoms with Crippen molar-refractivity contribution in [2.75, 3.05) is 6.61 Å². The SMILES string of the molecule is CCCCCOC1CCC(=O)N1. The van der Waals surface area contributed by atoms with E-state index in [0.29, 0.717) is 6.42 Å². The van der Waals surface area contributed by atoms with E-state index >= 15 is 0 Å². The van der Waals surface area contributed by atoms with E-state index in [0.717, 1.165) is 19.4 Å². The number of unbranched alkanes of at least 4 members (excludes halogenated alkanes) is 2. The summed E-state index contributed by atoms with van der Waals surface area (Å²) in [6, 6.07) is 0. The van der Waals surface area contributed by atoms with Crippen LogP contribution < -0.4 is 5.32 Å². The molecule has 12 heavy (non-hydrogen) atoms. The van der Waals surface area contributed by atoms with E-state index < -0.39 is 0 Å². The zero-order chi connectivity index (χ0) is 8.81. The fourth-order valence-electron chi connectivity index (χ4n) is 1.29. The summed E-state index contributed by atoms with van der Waals surface area (Å²) in [5.41, 5.74) is 0. The Bertz CT molecular complexity index is 147. The van der Waals surface area contributed by atoms with E-state index in [9.17, 15) is 4.79 Å². The molecular formula is C9H17NO2. The molecule has 0 aliphatic carbocycles. The quantitative estimate of drug-likeness (QED) is 0.635. The molecule has 3 heteroatoms. The molecule has 70 valence electrons. The fourth-order valence-corrected chi connectivity index (χ4v) is 1.29. The smallest absolute Gasteiger partial charge is 0.222 e. The lowest BCUT2D eigenvalue weighted by Gasteiger charge is -2.10. The largest absolute Gasteiger partial charge is 0.359 e. The molecular weight excluding hydrogens is 154 g/mol. The highest BCUT2D eigenvalue weighted by molar-refractivity contribution is 5.78. The molecule has 0 radical (unpaired) electrons. The molecule has 0 aromatic heterocycles. The molecule has 0 bridgehead atoms. The number of nitrogens with one attached hydrogen (secondary N) is 1. The molecule has 0 saturated carbocycles. The average Bonchev–Trinajstić information content (AvgIpc) is 2.45. The van der Waals surface area contributed by atoms with Crippen molar-refractivity contribution in [2.45, 2.75) is 45.3 Å². The van der Waals surface area contributed by atoms with Crippen LogP contribution in [0.5, 0.6) is 0 Å². The fraction of sp³-hybridized carbons (Fsp3) is 0.889. The number of rotatable bonds is 5. The van der Waals surface area contributed by atoms with Gasteiger partial charge in [-0.3, -0.25) is 4.79 Å².